The highest BCUT2D eigenvalue weighted by Gasteiger charge is 2.22. The minimum atomic E-state index is -0.161. The Morgan fingerprint density at radius 1 is 0.368 bits per heavy atom. The molecule has 0 saturated carbocycles. The molecule has 2 rings (SSSR count). The van der Waals surface area contributed by atoms with Crippen LogP contribution in [0, 0.1) is 0 Å². The molecule has 0 aromatic rings. The van der Waals surface area contributed by atoms with Gasteiger partial charge in [-0.25, -0.2) is 0 Å². The summed E-state index contributed by atoms with van der Waals surface area (Å²) in [6, 6.07) is 0. The van der Waals surface area contributed by atoms with Crippen molar-refractivity contribution in [1.82, 2.24) is 9.80 Å². The molecule has 0 fully saturated rings. The van der Waals surface area contributed by atoms with Crippen LogP contribution in [0.25, 0.3) is 0 Å². The van der Waals surface area contributed by atoms with E-state index in [-0.39, 0.29) is 23.6 Å². The summed E-state index contributed by atoms with van der Waals surface area (Å²) in [5.74, 6) is 1.89. The van der Waals surface area contributed by atoms with Crippen LogP contribution < -0.4 is 0 Å². The third-order valence-electron chi connectivity index (χ3n) is 7.10. The summed E-state index contributed by atoms with van der Waals surface area (Å²) >= 11 is 0. The van der Waals surface area contributed by atoms with Crippen molar-refractivity contribution < 1.29 is 19.2 Å². The van der Waals surface area contributed by atoms with Crippen molar-refractivity contribution in [3.05, 3.63) is 24.3 Å². The lowest BCUT2D eigenvalue weighted by atomic mass is 10.1. The smallest absolute Gasteiger partial charge is 0.253 e. The Hall–Kier alpha value is -1.54. The summed E-state index contributed by atoms with van der Waals surface area (Å²) in [6.45, 7) is 1.13. The normalized spacial score (nSPS) is 15.2. The number of rotatable bonds is 25. The number of hydrogen-bond donors (Lipinski definition) is 0. The second-order valence-electron chi connectivity index (χ2n) is 10.3. The van der Waals surface area contributed by atoms with Gasteiger partial charge in [0.2, 0.25) is 0 Å². The number of imide groups is 2. The Morgan fingerprint density at radius 3 is 0.895 bits per heavy atom. The second-order valence-corrected chi connectivity index (χ2v) is 13.0. The number of carbonyl (C=O) groups excluding carboxylic acids is 4. The van der Waals surface area contributed by atoms with Crippen LogP contribution in [0.4, 0.5) is 0 Å². The van der Waals surface area contributed by atoms with Crippen molar-refractivity contribution >= 4 is 45.2 Å². The number of carbonyl (C=O) groups is 4. The fourth-order valence-electron chi connectivity index (χ4n) is 4.76. The van der Waals surface area contributed by atoms with E-state index < -0.39 is 0 Å². The first-order chi connectivity index (χ1) is 18.6. The molecule has 2 aliphatic heterocycles. The van der Waals surface area contributed by atoms with Gasteiger partial charge in [0.15, 0.2) is 0 Å². The third-order valence-corrected chi connectivity index (χ3v) is 9.68. The van der Waals surface area contributed by atoms with Crippen LogP contribution in [0.15, 0.2) is 24.3 Å². The Balaban J connectivity index is 1.19. The average molecular weight is 565 g/mol. The zero-order valence-corrected chi connectivity index (χ0v) is 24.8. The molecule has 0 atom stereocenters. The maximum absolute atomic E-state index is 11.5. The maximum Gasteiger partial charge on any atom is 0.253 e. The van der Waals surface area contributed by atoms with E-state index in [1.807, 2.05) is 21.6 Å². The van der Waals surface area contributed by atoms with Crippen molar-refractivity contribution in [2.45, 2.75) is 116 Å². The van der Waals surface area contributed by atoms with Crippen LogP contribution in [0.2, 0.25) is 0 Å². The van der Waals surface area contributed by atoms with Gasteiger partial charge >= 0.3 is 0 Å². The molecular formula is C30H48N2O4S2. The minimum absolute atomic E-state index is 0.161. The molecule has 0 unspecified atom stereocenters. The van der Waals surface area contributed by atoms with E-state index >= 15 is 0 Å². The first kappa shape index (κ1) is 32.7. The SMILES string of the molecule is O=C1C=CC(=O)N1CCCCCCCCCCCSSCCCCCCCCCCCN1C(=O)C=CC1=O. The van der Waals surface area contributed by atoms with Crippen LogP contribution in [-0.2, 0) is 19.2 Å². The van der Waals surface area contributed by atoms with Crippen molar-refractivity contribution in [2.75, 3.05) is 24.6 Å². The molecule has 0 spiro atoms. The van der Waals surface area contributed by atoms with Gasteiger partial charge in [0, 0.05) is 48.9 Å². The van der Waals surface area contributed by atoms with E-state index in [1.54, 1.807) is 0 Å². The number of hydrogen-bond acceptors (Lipinski definition) is 6. The Kier molecular flexibility index (Phi) is 18.3. The van der Waals surface area contributed by atoms with Crippen molar-refractivity contribution in [3.8, 4) is 0 Å². The summed E-state index contributed by atoms with van der Waals surface area (Å²) < 4.78 is 0. The van der Waals surface area contributed by atoms with Crippen LogP contribution in [0.5, 0.6) is 0 Å². The average Bonchev–Trinajstić information content (AvgIpc) is 3.41. The van der Waals surface area contributed by atoms with Crippen LogP contribution in [0.3, 0.4) is 0 Å². The molecule has 2 aliphatic rings. The molecule has 0 aliphatic carbocycles. The zero-order valence-electron chi connectivity index (χ0n) is 23.2. The Bertz CT molecular complexity index is 684. The molecule has 0 saturated heterocycles. The lowest BCUT2D eigenvalue weighted by Gasteiger charge is -2.13. The van der Waals surface area contributed by atoms with Gasteiger partial charge in [0.25, 0.3) is 23.6 Å². The van der Waals surface area contributed by atoms with E-state index in [0.29, 0.717) is 13.1 Å². The predicted octanol–water partition coefficient (Wildman–Crippen LogP) is 7.24. The highest BCUT2D eigenvalue weighted by Crippen LogP contribution is 2.25. The monoisotopic (exact) mass is 564 g/mol. The van der Waals surface area contributed by atoms with Crippen LogP contribution in [-0.4, -0.2) is 58.0 Å². The Labute approximate surface area is 238 Å². The molecule has 4 amide bonds. The number of amides is 4. The number of nitrogens with zero attached hydrogens (tertiary/aromatic N) is 2. The van der Waals surface area contributed by atoms with Gasteiger partial charge in [0.05, 0.1) is 0 Å². The summed E-state index contributed by atoms with van der Waals surface area (Å²) in [6.07, 6.45) is 27.6. The fraction of sp³-hybridized carbons (Fsp3) is 0.733. The van der Waals surface area contributed by atoms with Crippen molar-refractivity contribution in [2.24, 2.45) is 0 Å². The molecule has 0 bridgehead atoms. The molecular weight excluding hydrogens is 516 g/mol. The topological polar surface area (TPSA) is 74.8 Å². The largest absolute Gasteiger partial charge is 0.275 e. The molecule has 2 heterocycles. The maximum atomic E-state index is 11.5. The van der Waals surface area contributed by atoms with Gasteiger partial charge in [-0.1, -0.05) is 111 Å². The molecule has 0 radical (unpaired) electrons. The summed E-state index contributed by atoms with van der Waals surface area (Å²) in [5, 5.41) is 0. The van der Waals surface area contributed by atoms with E-state index in [9.17, 15) is 19.2 Å². The van der Waals surface area contributed by atoms with Gasteiger partial charge in [-0.2, -0.15) is 0 Å². The number of unbranched alkanes of at least 4 members (excludes halogenated alkanes) is 16. The van der Waals surface area contributed by atoms with Crippen LogP contribution >= 0.6 is 21.6 Å². The predicted molar refractivity (Wildman–Crippen MR) is 160 cm³/mol. The van der Waals surface area contributed by atoms with Crippen LogP contribution in [0.1, 0.15) is 116 Å². The van der Waals surface area contributed by atoms with Gasteiger partial charge in [0.1, 0.15) is 0 Å². The molecule has 0 N–H and O–H groups in total. The lowest BCUT2D eigenvalue weighted by molar-refractivity contribution is -0.138. The van der Waals surface area contributed by atoms with Crippen molar-refractivity contribution in [1.29, 1.82) is 0 Å². The van der Waals surface area contributed by atoms with E-state index in [0.717, 1.165) is 25.7 Å². The molecule has 0 aromatic heterocycles. The van der Waals surface area contributed by atoms with Gasteiger partial charge in [-0.15, -0.1) is 0 Å². The van der Waals surface area contributed by atoms with E-state index in [4.69, 9.17) is 0 Å². The minimum Gasteiger partial charge on any atom is -0.275 e. The molecule has 0 aromatic carbocycles. The molecule has 6 nitrogen and oxygen atoms in total. The van der Waals surface area contributed by atoms with E-state index in [2.05, 4.69) is 0 Å². The highest BCUT2D eigenvalue weighted by atomic mass is 33.1. The van der Waals surface area contributed by atoms with Gasteiger partial charge in [-0.3, -0.25) is 29.0 Å². The zero-order chi connectivity index (χ0) is 27.3. The van der Waals surface area contributed by atoms with Crippen molar-refractivity contribution in [3.63, 3.8) is 0 Å². The summed E-state index contributed by atoms with van der Waals surface area (Å²) in [5.41, 5.74) is 0. The first-order valence-corrected chi connectivity index (χ1v) is 17.4. The fourth-order valence-corrected chi connectivity index (χ4v) is 7.05. The van der Waals surface area contributed by atoms with Gasteiger partial charge < -0.3 is 0 Å². The highest BCUT2D eigenvalue weighted by molar-refractivity contribution is 8.76. The Morgan fingerprint density at radius 2 is 0.605 bits per heavy atom. The standard InChI is InChI=1S/C30H48N2O4S2/c33-27-19-20-28(34)31(27)23-15-11-7-3-1-5-9-13-17-25-37-38-26-18-14-10-6-2-4-8-12-16-24-32-29(35)21-22-30(32)36/h19-22H,1-18,23-26H2. The summed E-state index contributed by atoms with van der Waals surface area (Å²) in [7, 11) is 4.08. The van der Waals surface area contributed by atoms with E-state index in [1.165, 1.54) is 136 Å². The third kappa shape index (κ3) is 14.6. The quantitative estimate of drug-likeness (QED) is 0.0661. The second kappa shape index (κ2) is 21.3. The molecule has 214 valence electrons. The molecule has 8 heteroatoms. The summed E-state index contributed by atoms with van der Waals surface area (Å²) in [4.78, 5) is 48.6. The van der Waals surface area contributed by atoms with Gasteiger partial charge in [-0.05, 0) is 25.7 Å². The molecule has 38 heavy (non-hydrogen) atoms. The lowest BCUT2D eigenvalue weighted by Crippen LogP contribution is -2.30. The first-order valence-electron chi connectivity index (χ1n) is 14.9.